The van der Waals surface area contributed by atoms with E-state index < -0.39 is 0 Å². The fourth-order valence-electron chi connectivity index (χ4n) is 3.58. The number of nitrogens with zero attached hydrogens (tertiary/aromatic N) is 5. The third-order valence-electron chi connectivity index (χ3n) is 5.13. The van der Waals surface area contributed by atoms with Crippen LogP contribution < -0.4 is 9.80 Å². The Kier molecular flexibility index (Phi) is 4.09. The Morgan fingerprint density at radius 1 is 0.870 bits per heavy atom. The van der Waals surface area contributed by atoms with Gasteiger partial charge < -0.3 is 24.2 Å². The quantitative estimate of drug-likeness (QED) is 0.790. The predicted molar refractivity (Wildman–Crippen MR) is 87.8 cm³/mol. The van der Waals surface area contributed by atoms with Crippen molar-refractivity contribution in [3.8, 4) is 0 Å². The molecule has 0 atom stereocenters. The second-order valence-corrected chi connectivity index (χ2v) is 6.62. The predicted octanol–water partition coefficient (Wildman–Crippen LogP) is 0.572. The lowest BCUT2D eigenvalue weighted by molar-refractivity contribution is -0.169. The minimum absolute atomic E-state index is 0.330. The van der Waals surface area contributed by atoms with Gasteiger partial charge in [0, 0.05) is 58.2 Å². The first kappa shape index (κ1) is 15.1. The largest absolute Gasteiger partial charge is 0.356 e. The van der Waals surface area contributed by atoms with E-state index in [0.717, 1.165) is 77.0 Å². The van der Waals surface area contributed by atoms with E-state index in [1.807, 2.05) is 0 Å². The second kappa shape index (κ2) is 6.22. The van der Waals surface area contributed by atoms with Gasteiger partial charge in [-0.25, -0.2) is 9.97 Å². The van der Waals surface area contributed by atoms with Crippen LogP contribution in [0.15, 0.2) is 12.4 Å². The highest BCUT2D eigenvalue weighted by Crippen LogP contribution is 2.33. The number of hydrogen-bond acceptors (Lipinski definition) is 7. The molecule has 4 heterocycles. The van der Waals surface area contributed by atoms with E-state index in [4.69, 9.17) is 9.47 Å². The molecule has 0 saturated carbocycles. The molecule has 23 heavy (non-hydrogen) atoms. The monoisotopic (exact) mass is 319 g/mol. The summed E-state index contributed by atoms with van der Waals surface area (Å²) in [7, 11) is 2.17. The molecule has 0 amide bonds. The highest BCUT2D eigenvalue weighted by atomic mass is 16.7. The van der Waals surface area contributed by atoms with E-state index in [2.05, 4.69) is 37.8 Å². The minimum atomic E-state index is -0.330. The molecule has 0 unspecified atom stereocenters. The van der Waals surface area contributed by atoms with Crippen molar-refractivity contribution in [2.75, 3.05) is 69.3 Å². The maximum atomic E-state index is 5.80. The van der Waals surface area contributed by atoms with Gasteiger partial charge >= 0.3 is 0 Å². The van der Waals surface area contributed by atoms with Crippen LogP contribution in [0.25, 0.3) is 0 Å². The van der Waals surface area contributed by atoms with E-state index in [1.165, 1.54) is 0 Å². The first-order valence-electron chi connectivity index (χ1n) is 8.53. The van der Waals surface area contributed by atoms with Gasteiger partial charge in [0.2, 0.25) is 0 Å². The van der Waals surface area contributed by atoms with Crippen LogP contribution in [0.1, 0.15) is 12.8 Å². The number of piperazine rings is 1. The normalized spacial score (nSPS) is 25.3. The van der Waals surface area contributed by atoms with Crippen LogP contribution in [0, 0.1) is 0 Å². The summed E-state index contributed by atoms with van der Waals surface area (Å²) in [5.41, 5.74) is 0. The van der Waals surface area contributed by atoms with Gasteiger partial charge in [0.05, 0.1) is 13.2 Å². The minimum Gasteiger partial charge on any atom is -0.356 e. The summed E-state index contributed by atoms with van der Waals surface area (Å²) in [5, 5.41) is 0. The maximum absolute atomic E-state index is 5.80. The van der Waals surface area contributed by atoms with E-state index >= 15 is 0 Å². The Morgan fingerprint density at radius 3 is 2.04 bits per heavy atom. The van der Waals surface area contributed by atoms with Crippen molar-refractivity contribution >= 4 is 11.6 Å². The van der Waals surface area contributed by atoms with Gasteiger partial charge in [-0.15, -0.1) is 0 Å². The smallest absolute Gasteiger partial charge is 0.171 e. The van der Waals surface area contributed by atoms with E-state index in [-0.39, 0.29) is 5.79 Å². The van der Waals surface area contributed by atoms with Crippen LogP contribution in [0.2, 0.25) is 0 Å². The molecule has 3 aliphatic rings. The number of ether oxygens (including phenoxy) is 2. The molecule has 0 aliphatic carbocycles. The highest BCUT2D eigenvalue weighted by Gasteiger charge is 2.40. The first-order valence-corrected chi connectivity index (χ1v) is 8.53. The zero-order chi connectivity index (χ0) is 15.7. The Balaban J connectivity index is 1.42. The average Bonchev–Trinajstić information content (AvgIpc) is 3.04. The molecule has 0 radical (unpaired) electrons. The molecule has 126 valence electrons. The number of likely N-dealkylation sites (N-methyl/N-ethyl adjacent to an activating group) is 1. The third kappa shape index (κ3) is 3.13. The van der Waals surface area contributed by atoms with Crippen molar-refractivity contribution < 1.29 is 9.47 Å². The van der Waals surface area contributed by atoms with Crippen molar-refractivity contribution in [2.24, 2.45) is 0 Å². The fourth-order valence-corrected chi connectivity index (χ4v) is 3.58. The molecule has 0 aromatic carbocycles. The molecule has 1 spiro atoms. The van der Waals surface area contributed by atoms with Gasteiger partial charge in [-0.1, -0.05) is 0 Å². The van der Waals surface area contributed by atoms with Gasteiger partial charge in [-0.2, -0.15) is 0 Å². The lowest BCUT2D eigenvalue weighted by Crippen LogP contribution is -2.46. The molecular formula is C16H25N5O2. The summed E-state index contributed by atoms with van der Waals surface area (Å²) >= 11 is 0. The molecular weight excluding hydrogens is 294 g/mol. The summed E-state index contributed by atoms with van der Waals surface area (Å²) < 4.78 is 11.6. The fraction of sp³-hybridized carbons (Fsp3) is 0.750. The molecule has 7 heteroatoms. The van der Waals surface area contributed by atoms with Crippen LogP contribution in [0.4, 0.5) is 11.6 Å². The van der Waals surface area contributed by atoms with Gasteiger partial charge in [0.25, 0.3) is 0 Å². The molecule has 1 aromatic rings. The maximum Gasteiger partial charge on any atom is 0.171 e. The molecule has 4 rings (SSSR count). The van der Waals surface area contributed by atoms with Crippen molar-refractivity contribution in [3.63, 3.8) is 0 Å². The second-order valence-electron chi connectivity index (χ2n) is 6.62. The van der Waals surface area contributed by atoms with Crippen LogP contribution in [0.5, 0.6) is 0 Å². The van der Waals surface area contributed by atoms with Crippen molar-refractivity contribution in [2.45, 2.75) is 18.6 Å². The standard InChI is InChI=1S/C16H25N5O2/c1-19-6-8-21(9-7-19)15-12-14(17-13-18-15)20-4-2-16(3-5-20)22-10-11-23-16/h12-13H,2-11H2,1H3. The number of piperidine rings is 1. The summed E-state index contributed by atoms with van der Waals surface area (Å²) in [4.78, 5) is 16.0. The molecule has 7 nitrogen and oxygen atoms in total. The van der Waals surface area contributed by atoms with Crippen molar-refractivity contribution in [3.05, 3.63) is 12.4 Å². The zero-order valence-corrected chi connectivity index (χ0v) is 13.8. The summed E-state index contributed by atoms with van der Waals surface area (Å²) in [6.07, 6.45) is 3.50. The summed E-state index contributed by atoms with van der Waals surface area (Å²) in [5.74, 6) is 1.72. The zero-order valence-electron chi connectivity index (χ0n) is 13.8. The molecule has 3 aliphatic heterocycles. The van der Waals surface area contributed by atoms with E-state index in [9.17, 15) is 0 Å². The molecule has 1 aromatic heterocycles. The number of anilines is 2. The number of aromatic nitrogens is 2. The van der Waals surface area contributed by atoms with Crippen LogP contribution in [-0.4, -0.2) is 80.2 Å². The Bertz CT molecular complexity index is 531. The third-order valence-corrected chi connectivity index (χ3v) is 5.13. The highest BCUT2D eigenvalue weighted by molar-refractivity contribution is 5.50. The SMILES string of the molecule is CN1CCN(c2cc(N3CCC4(CC3)OCCO4)ncn2)CC1. The Hall–Kier alpha value is -1.44. The van der Waals surface area contributed by atoms with Gasteiger partial charge in [0.15, 0.2) is 5.79 Å². The molecule has 3 saturated heterocycles. The van der Waals surface area contributed by atoms with Crippen LogP contribution in [0.3, 0.4) is 0 Å². The topological polar surface area (TPSA) is 54.0 Å². The summed E-state index contributed by atoms with van der Waals surface area (Å²) in [6, 6.07) is 2.12. The van der Waals surface area contributed by atoms with Crippen LogP contribution >= 0.6 is 0 Å². The molecule has 0 N–H and O–H groups in total. The lowest BCUT2D eigenvalue weighted by atomic mass is 10.0. The Morgan fingerprint density at radius 2 is 1.43 bits per heavy atom. The van der Waals surface area contributed by atoms with Crippen LogP contribution in [-0.2, 0) is 9.47 Å². The lowest BCUT2D eigenvalue weighted by Gasteiger charge is -2.38. The first-order chi connectivity index (χ1) is 11.2. The van der Waals surface area contributed by atoms with E-state index in [0.29, 0.717) is 0 Å². The van der Waals surface area contributed by atoms with Gasteiger partial charge in [-0.05, 0) is 7.05 Å². The van der Waals surface area contributed by atoms with Crippen molar-refractivity contribution in [1.82, 2.24) is 14.9 Å². The molecule has 0 bridgehead atoms. The average molecular weight is 319 g/mol. The van der Waals surface area contributed by atoms with Crippen molar-refractivity contribution in [1.29, 1.82) is 0 Å². The number of rotatable bonds is 2. The number of hydrogen-bond donors (Lipinski definition) is 0. The molecule has 3 fully saturated rings. The Labute approximate surface area is 137 Å². The van der Waals surface area contributed by atoms with Gasteiger partial charge in [0.1, 0.15) is 18.0 Å². The van der Waals surface area contributed by atoms with Gasteiger partial charge in [-0.3, -0.25) is 0 Å². The van der Waals surface area contributed by atoms with E-state index in [1.54, 1.807) is 6.33 Å². The summed E-state index contributed by atoms with van der Waals surface area (Å²) in [6.45, 7) is 7.50.